The minimum Gasteiger partial charge on any atom is -0.496 e. The van der Waals surface area contributed by atoms with Crippen molar-refractivity contribution in [3.05, 3.63) is 27.7 Å². The molecule has 0 amide bonds. The quantitative estimate of drug-likeness (QED) is 0.784. The summed E-state index contributed by atoms with van der Waals surface area (Å²) >= 11 is 3.45. The number of halogens is 1. The number of benzene rings is 1. The Morgan fingerprint density at radius 1 is 1.53 bits per heavy atom. The van der Waals surface area contributed by atoms with E-state index in [9.17, 15) is 4.79 Å². The minimum atomic E-state index is 0.254. The second kappa shape index (κ2) is 5.31. The van der Waals surface area contributed by atoms with Gasteiger partial charge in [0.1, 0.15) is 12.0 Å². The van der Waals surface area contributed by atoms with Crippen LogP contribution in [0, 0.1) is 6.92 Å². The van der Waals surface area contributed by atoms with E-state index in [-0.39, 0.29) is 5.92 Å². The van der Waals surface area contributed by atoms with Crippen molar-refractivity contribution in [2.24, 2.45) is 0 Å². The maximum atomic E-state index is 10.5. The minimum absolute atomic E-state index is 0.254. The van der Waals surface area contributed by atoms with Gasteiger partial charge in [0, 0.05) is 6.42 Å². The molecule has 0 aliphatic heterocycles. The smallest absolute Gasteiger partial charge is 0.133 e. The van der Waals surface area contributed by atoms with Crippen molar-refractivity contribution >= 4 is 22.2 Å². The van der Waals surface area contributed by atoms with Crippen LogP contribution >= 0.6 is 15.9 Å². The highest BCUT2D eigenvalue weighted by atomic mass is 79.9. The molecule has 0 radical (unpaired) electrons. The molecule has 1 rings (SSSR count). The second-order valence-corrected chi connectivity index (χ2v) is 4.50. The summed E-state index contributed by atoms with van der Waals surface area (Å²) in [5.74, 6) is 1.08. The molecule has 0 N–H and O–H groups in total. The van der Waals surface area contributed by atoms with Crippen molar-refractivity contribution in [2.75, 3.05) is 7.11 Å². The van der Waals surface area contributed by atoms with Crippen LogP contribution in [0.1, 0.15) is 30.4 Å². The van der Waals surface area contributed by atoms with Gasteiger partial charge in [-0.2, -0.15) is 0 Å². The summed E-state index contributed by atoms with van der Waals surface area (Å²) < 4.78 is 6.14. The Morgan fingerprint density at radius 2 is 2.20 bits per heavy atom. The fourth-order valence-electron chi connectivity index (χ4n) is 1.63. The summed E-state index contributed by atoms with van der Waals surface area (Å²) in [6.45, 7) is 4.08. The predicted octanol–water partition coefficient (Wildman–Crippen LogP) is 3.46. The van der Waals surface area contributed by atoms with Crippen LogP contribution in [-0.4, -0.2) is 13.4 Å². The first-order valence-electron chi connectivity index (χ1n) is 4.87. The number of hydrogen-bond acceptors (Lipinski definition) is 2. The first-order valence-corrected chi connectivity index (χ1v) is 5.67. The zero-order valence-corrected chi connectivity index (χ0v) is 10.8. The molecule has 0 aliphatic carbocycles. The molecule has 0 spiro atoms. The van der Waals surface area contributed by atoms with Gasteiger partial charge in [-0.25, -0.2) is 0 Å². The fraction of sp³-hybridized carbons (Fsp3) is 0.417. The van der Waals surface area contributed by atoms with Gasteiger partial charge in [0.2, 0.25) is 0 Å². The summed E-state index contributed by atoms with van der Waals surface area (Å²) in [6.07, 6.45) is 1.52. The monoisotopic (exact) mass is 270 g/mol. The second-order valence-electron chi connectivity index (χ2n) is 3.65. The summed E-state index contributed by atoms with van der Waals surface area (Å²) in [6, 6.07) is 4.02. The average molecular weight is 271 g/mol. The first-order chi connectivity index (χ1) is 7.10. The molecular weight excluding hydrogens is 256 g/mol. The molecule has 0 saturated heterocycles. The van der Waals surface area contributed by atoms with Crippen molar-refractivity contribution in [3.8, 4) is 5.75 Å². The number of aryl methyl sites for hydroxylation is 1. The normalized spacial score (nSPS) is 12.3. The Labute approximate surface area is 98.8 Å². The number of aldehydes is 1. The SMILES string of the molecule is COc1cc(C)c(C(C)CC=O)cc1Br. The third-order valence-electron chi connectivity index (χ3n) is 2.52. The lowest BCUT2D eigenvalue weighted by Crippen LogP contribution is -1.98. The maximum Gasteiger partial charge on any atom is 0.133 e. The molecule has 3 heteroatoms. The Morgan fingerprint density at radius 3 is 2.73 bits per heavy atom. The largest absolute Gasteiger partial charge is 0.496 e. The summed E-state index contributed by atoms with van der Waals surface area (Å²) in [5, 5.41) is 0. The molecule has 1 aromatic carbocycles. The van der Waals surface area contributed by atoms with E-state index in [2.05, 4.69) is 22.9 Å². The van der Waals surface area contributed by atoms with Crippen LogP contribution in [0.3, 0.4) is 0 Å². The van der Waals surface area contributed by atoms with E-state index in [1.807, 2.05) is 19.1 Å². The molecule has 0 fully saturated rings. The zero-order valence-electron chi connectivity index (χ0n) is 9.21. The third kappa shape index (κ3) is 2.81. The van der Waals surface area contributed by atoms with Gasteiger partial charge in [0.15, 0.2) is 0 Å². The Balaban J connectivity index is 3.09. The van der Waals surface area contributed by atoms with Gasteiger partial charge >= 0.3 is 0 Å². The van der Waals surface area contributed by atoms with Crippen molar-refractivity contribution in [1.82, 2.24) is 0 Å². The van der Waals surface area contributed by atoms with E-state index in [1.165, 1.54) is 5.56 Å². The van der Waals surface area contributed by atoms with Gasteiger partial charge in [-0.1, -0.05) is 6.92 Å². The number of ether oxygens (including phenoxy) is 1. The van der Waals surface area contributed by atoms with E-state index in [0.717, 1.165) is 22.1 Å². The molecule has 1 atom stereocenters. The standard InChI is InChI=1S/C12H15BrO2/c1-8(4-5-14)10-7-11(13)12(15-3)6-9(10)2/h5-8H,4H2,1-3H3. The van der Waals surface area contributed by atoms with Crippen LogP contribution in [-0.2, 0) is 4.79 Å². The number of methoxy groups -OCH3 is 1. The van der Waals surface area contributed by atoms with Crippen LogP contribution in [0.25, 0.3) is 0 Å². The molecule has 0 aliphatic rings. The van der Waals surface area contributed by atoms with Crippen molar-refractivity contribution in [2.45, 2.75) is 26.2 Å². The van der Waals surface area contributed by atoms with Crippen molar-refractivity contribution in [1.29, 1.82) is 0 Å². The van der Waals surface area contributed by atoms with Gasteiger partial charge in [0.05, 0.1) is 11.6 Å². The highest BCUT2D eigenvalue weighted by Crippen LogP contribution is 2.32. The number of carbonyl (C=O) groups excluding carboxylic acids is 1. The van der Waals surface area contributed by atoms with Crippen molar-refractivity contribution in [3.63, 3.8) is 0 Å². The topological polar surface area (TPSA) is 26.3 Å². The molecule has 0 bridgehead atoms. The number of rotatable bonds is 4. The van der Waals surface area contributed by atoms with E-state index in [0.29, 0.717) is 6.42 Å². The van der Waals surface area contributed by atoms with E-state index in [1.54, 1.807) is 7.11 Å². The Hall–Kier alpha value is -0.830. The lowest BCUT2D eigenvalue weighted by atomic mass is 9.94. The summed E-state index contributed by atoms with van der Waals surface area (Å²) in [4.78, 5) is 10.5. The molecule has 82 valence electrons. The Kier molecular flexibility index (Phi) is 4.33. The van der Waals surface area contributed by atoms with Crippen LogP contribution in [0.5, 0.6) is 5.75 Å². The fourth-order valence-corrected chi connectivity index (χ4v) is 2.15. The molecule has 15 heavy (non-hydrogen) atoms. The van der Waals surface area contributed by atoms with Crippen LogP contribution in [0.4, 0.5) is 0 Å². The maximum absolute atomic E-state index is 10.5. The van der Waals surface area contributed by atoms with Crippen LogP contribution < -0.4 is 4.74 Å². The Bertz CT molecular complexity index is 361. The predicted molar refractivity (Wildman–Crippen MR) is 64.5 cm³/mol. The van der Waals surface area contributed by atoms with Gasteiger partial charge < -0.3 is 9.53 Å². The molecular formula is C12H15BrO2. The molecule has 2 nitrogen and oxygen atoms in total. The van der Waals surface area contributed by atoms with Crippen LogP contribution in [0.2, 0.25) is 0 Å². The lowest BCUT2D eigenvalue weighted by molar-refractivity contribution is -0.108. The van der Waals surface area contributed by atoms with Gasteiger partial charge in [-0.3, -0.25) is 0 Å². The van der Waals surface area contributed by atoms with Crippen molar-refractivity contribution < 1.29 is 9.53 Å². The molecule has 0 saturated carbocycles. The molecule has 0 heterocycles. The number of hydrogen-bond donors (Lipinski definition) is 0. The van der Waals surface area contributed by atoms with E-state index >= 15 is 0 Å². The molecule has 0 aromatic heterocycles. The van der Waals surface area contributed by atoms with Gasteiger partial charge in [0.25, 0.3) is 0 Å². The molecule has 1 aromatic rings. The first kappa shape index (κ1) is 12.2. The summed E-state index contributed by atoms with van der Waals surface area (Å²) in [5.41, 5.74) is 2.35. The lowest BCUT2D eigenvalue weighted by Gasteiger charge is -2.14. The highest BCUT2D eigenvalue weighted by Gasteiger charge is 2.11. The van der Waals surface area contributed by atoms with Gasteiger partial charge in [-0.15, -0.1) is 0 Å². The number of carbonyl (C=O) groups is 1. The highest BCUT2D eigenvalue weighted by molar-refractivity contribution is 9.10. The van der Waals surface area contributed by atoms with E-state index < -0.39 is 0 Å². The third-order valence-corrected chi connectivity index (χ3v) is 3.14. The van der Waals surface area contributed by atoms with Crippen LogP contribution in [0.15, 0.2) is 16.6 Å². The summed E-state index contributed by atoms with van der Waals surface area (Å²) in [7, 11) is 1.65. The zero-order chi connectivity index (χ0) is 11.4. The average Bonchev–Trinajstić information content (AvgIpc) is 2.21. The van der Waals surface area contributed by atoms with Gasteiger partial charge in [-0.05, 0) is 52.0 Å². The molecule has 1 unspecified atom stereocenters. The van der Waals surface area contributed by atoms with E-state index in [4.69, 9.17) is 4.74 Å².